The van der Waals surface area contributed by atoms with E-state index in [9.17, 15) is 19.8 Å². The monoisotopic (exact) mass is 234 g/mol. The van der Waals surface area contributed by atoms with Crippen molar-refractivity contribution in [3.8, 4) is 0 Å². The normalized spacial score (nSPS) is 6.93. The van der Waals surface area contributed by atoms with Crippen LogP contribution in [0.1, 0.15) is 0 Å². The number of ether oxygens (including phenoxy) is 1. The summed E-state index contributed by atoms with van der Waals surface area (Å²) in [6.45, 7) is 3.19. The Labute approximate surface area is 134 Å². The fourth-order valence-corrected chi connectivity index (χ4v) is 0.136. The topological polar surface area (TPSA) is 89.5 Å². The first-order valence-corrected chi connectivity index (χ1v) is 2.66. The van der Waals surface area contributed by atoms with Crippen LogP contribution in [0, 0.1) is 7.11 Å². The molecule has 14 heavy (non-hydrogen) atoms. The maximum absolute atomic E-state index is 9.41. The zero-order valence-corrected chi connectivity index (χ0v) is 12.1. The summed E-state index contributed by atoms with van der Waals surface area (Å²) in [6, 6.07) is 0. The van der Waals surface area contributed by atoms with E-state index in [4.69, 9.17) is 0 Å². The van der Waals surface area contributed by atoms with Crippen LogP contribution in [0.25, 0.3) is 0 Å². The summed E-state index contributed by atoms with van der Waals surface area (Å²) in [5, 5.41) is 18.8. The molecule has 0 aliphatic carbocycles. The van der Waals surface area contributed by atoms with Crippen LogP contribution >= 0.6 is 0 Å². The van der Waals surface area contributed by atoms with E-state index >= 15 is 0 Å². The van der Waals surface area contributed by atoms with E-state index in [0.29, 0.717) is 12.2 Å². The minimum absolute atomic E-state index is 0. The van der Waals surface area contributed by atoms with Gasteiger partial charge in [-0.1, -0.05) is 6.58 Å². The van der Waals surface area contributed by atoms with Crippen molar-refractivity contribution in [3.05, 3.63) is 32.1 Å². The zero-order chi connectivity index (χ0) is 9.98. The summed E-state index contributed by atoms with van der Waals surface area (Å²) >= 11 is 0. The van der Waals surface area contributed by atoms with Gasteiger partial charge < -0.3 is 24.5 Å². The molecule has 0 saturated carbocycles. The van der Waals surface area contributed by atoms with Gasteiger partial charge in [-0.05, 0) is 12.2 Å². The smallest absolute Gasteiger partial charge is 0.671 e. The van der Waals surface area contributed by atoms with Crippen LogP contribution in [0.4, 0.5) is 0 Å². The van der Waals surface area contributed by atoms with Gasteiger partial charge in [0, 0.05) is 6.26 Å². The summed E-state index contributed by atoms with van der Waals surface area (Å²) in [4.78, 5) is 18.8. The third-order valence-electron chi connectivity index (χ3n) is 0.473. The predicted molar refractivity (Wildman–Crippen MR) is 41.5 cm³/mol. The van der Waals surface area contributed by atoms with Crippen LogP contribution in [-0.4, -0.2) is 49.7 Å². The number of aliphatic carboxylic acids is 2. The second-order valence-electron chi connectivity index (χ2n) is 1.30. The van der Waals surface area contributed by atoms with Gasteiger partial charge in [0.2, 0.25) is 0 Å². The number of hydrogen-bond acceptors (Lipinski definition) is 5. The molecule has 0 spiro atoms. The Morgan fingerprint density at radius 3 is 1.50 bits per heavy atom. The standard InChI is InChI=1S/C4H4O4.C3H5O.Ca.Na/c5-3(6)1-2-4(7)8;1-3-4-2;;/h1-2H,(H,5,6)(H,7,8);3H,1-2H2;;/q;-1;+2;+1/p-2/b2-1+;;;. The van der Waals surface area contributed by atoms with E-state index in [0.717, 1.165) is 0 Å². The average Bonchev–Trinajstić information content (AvgIpc) is 2.01. The fourth-order valence-electron chi connectivity index (χ4n) is 0.136. The SMILES string of the molecule is C=CO[CH2-].O=C([O-])/C=C/C(=O)[O-].[Ca+2].[Na+]. The van der Waals surface area contributed by atoms with Crippen LogP contribution in [0.3, 0.4) is 0 Å². The van der Waals surface area contributed by atoms with E-state index in [1.165, 1.54) is 6.26 Å². The molecular formula is C7H7CaNaO5. The molecule has 5 nitrogen and oxygen atoms in total. The van der Waals surface area contributed by atoms with Gasteiger partial charge in [-0.25, -0.2) is 0 Å². The Kier molecular flexibility index (Phi) is 32.7. The Balaban J connectivity index is -0.0000000733. The summed E-state index contributed by atoms with van der Waals surface area (Å²) in [5.41, 5.74) is 0. The Hall–Kier alpha value is 0.480. The van der Waals surface area contributed by atoms with Gasteiger partial charge in [0.1, 0.15) is 0 Å². The molecule has 0 amide bonds. The van der Waals surface area contributed by atoms with Gasteiger partial charge in [0.15, 0.2) is 0 Å². The number of carbonyl (C=O) groups excluding carboxylic acids is 2. The number of carbonyl (C=O) groups is 2. The molecule has 0 rings (SSSR count). The van der Waals surface area contributed by atoms with Gasteiger partial charge in [-0.3, -0.25) is 0 Å². The first kappa shape index (κ1) is 24.0. The molecule has 0 saturated heterocycles. The zero-order valence-electron chi connectivity index (χ0n) is 7.89. The van der Waals surface area contributed by atoms with Crippen LogP contribution in [-0.2, 0) is 14.3 Å². The molecule has 0 aliphatic heterocycles. The molecule has 0 heterocycles. The van der Waals surface area contributed by atoms with E-state index < -0.39 is 11.9 Å². The second kappa shape index (κ2) is 19.1. The predicted octanol–water partition coefficient (Wildman–Crippen LogP) is -5.40. The number of hydrogen-bond donors (Lipinski definition) is 0. The Bertz CT molecular complexity index is 177. The Morgan fingerprint density at radius 1 is 1.21 bits per heavy atom. The molecule has 0 radical (unpaired) electrons. The molecule has 68 valence electrons. The summed E-state index contributed by atoms with van der Waals surface area (Å²) in [5.74, 6) is -3.09. The van der Waals surface area contributed by atoms with Crippen molar-refractivity contribution in [1.29, 1.82) is 0 Å². The quantitative estimate of drug-likeness (QED) is 0.210. The van der Waals surface area contributed by atoms with Crippen molar-refractivity contribution in [3.63, 3.8) is 0 Å². The third-order valence-corrected chi connectivity index (χ3v) is 0.473. The van der Waals surface area contributed by atoms with E-state index in [1.54, 1.807) is 0 Å². The van der Waals surface area contributed by atoms with Crippen molar-refractivity contribution in [2.45, 2.75) is 0 Å². The first-order chi connectivity index (χ1) is 5.54. The number of carboxylic acid groups (broad SMARTS) is 2. The van der Waals surface area contributed by atoms with Crippen LogP contribution in [0.5, 0.6) is 0 Å². The van der Waals surface area contributed by atoms with Gasteiger partial charge in [0.05, 0.1) is 11.9 Å². The fraction of sp³-hybridized carbons (Fsp3) is 0. The van der Waals surface area contributed by atoms with E-state index in [1.807, 2.05) is 0 Å². The van der Waals surface area contributed by atoms with Crippen molar-refractivity contribution >= 4 is 49.7 Å². The number of rotatable bonds is 3. The molecule has 0 aromatic rings. The van der Waals surface area contributed by atoms with Gasteiger partial charge >= 0.3 is 67.3 Å². The van der Waals surface area contributed by atoms with Gasteiger partial charge in [-0.15, -0.1) is 0 Å². The molecule has 0 N–H and O–H groups in total. The van der Waals surface area contributed by atoms with E-state index in [-0.39, 0.29) is 67.3 Å². The van der Waals surface area contributed by atoms with Crippen LogP contribution in [0.2, 0.25) is 0 Å². The molecule has 0 aromatic carbocycles. The minimum atomic E-state index is -1.55. The van der Waals surface area contributed by atoms with Crippen molar-refractivity contribution < 1.29 is 54.1 Å². The molecule has 0 atom stereocenters. The maximum Gasteiger partial charge on any atom is 2.00 e. The maximum atomic E-state index is 9.41. The van der Waals surface area contributed by atoms with Gasteiger partial charge in [-0.2, -0.15) is 7.11 Å². The summed E-state index contributed by atoms with van der Waals surface area (Å²) in [7, 11) is 2.99. The molecule has 0 fully saturated rings. The molecule has 0 aromatic heterocycles. The molecule has 7 heteroatoms. The van der Waals surface area contributed by atoms with E-state index in [2.05, 4.69) is 18.4 Å². The van der Waals surface area contributed by atoms with Crippen LogP contribution < -0.4 is 39.8 Å². The minimum Gasteiger partial charge on any atom is -0.671 e. The Morgan fingerprint density at radius 2 is 1.43 bits per heavy atom. The molecular weight excluding hydrogens is 227 g/mol. The summed E-state index contributed by atoms with van der Waals surface area (Å²) in [6.07, 6.45) is 2.03. The van der Waals surface area contributed by atoms with Crippen molar-refractivity contribution in [2.24, 2.45) is 0 Å². The second-order valence-corrected chi connectivity index (χ2v) is 1.30. The third kappa shape index (κ3) is 39.2. The van der Waals surface area contributed by atoms with Crippen molar-refractivity contribution in [2.75, 3.05) is 0 Å². The summed E-state index contributed by atoms with van der Waals surface area (Å²) < 4.78 is 4.06. The number of carboxylic acids is 2. The van der Waals surface area contributed by atoms with Gasteiger partial charge in [0.25, 0.3) is 0 Å². The molecule has 0 bridgehead atoms. The average molecular weight is 234 g/mol. The van der Waals surface area contributed by atoms with Crippen LogP contribution in [0.15, 0.2) is 25.0 Å². The first-order valence-electron chi connectivity index (χ1n) is 2.66. The molecule has 0 aliphatic rings. The molecule has 0 unspecified atom stereocenters. The largest absolute Gasteiger partial charge is 2.00 e. The van der Waals surface area contributed by atoms with Crippen molar-refractivity contribution in [1.82, 2.24) is 0 Å².